The molecule has 0 radical (unpaired) electrons. The average molecular weight is 528 g/mol. The average Bonchev–Trinajstić information content (AvgIpc) is 3.16. The second-order valence-electron chi connectivity index (χ2n) is 12.0. The van der Waals surface area contributed by atoms with Crippen molar-refractivity contribution in [1.82, 2.24) is 19.4 Å². The minimum atomic E-state index is -1.28. The molecule has 0 saturated carbocycles. The maximum atomic E-state index is 13.7. The number of imide groups is 1. The third-order valence-electron chi connectivity index (χ3n) is 8.26. The van der Waals surface area contributed by atoms with Gasteiger partial charge >= 0.3 is 5.69 Å². The van der Waals surface area contributed by atoms with E-state index in [0.29, 0.717) is 25.6 Å². The summed E-state index contributed by atoms with van der Waals surface area (Å²) in [5.74, 6) is -0.552. The SMILES string of the molecule is CN(c1ccc2c3c1CCCn3c(=O)n2C1CCC(=O)N(COCC[Si](C)(C)C)C1=O)C1CCNCC1. The van der Waals surface area contributed by atoms with E-state index >= 15 is 0 Å². The maximum Gasteiger partial charge on any atom is 0.329 e. The van der Waals surface area contributed by atoms with Gasteiger partial charge in [-0.15, -0.1) is 0 Å². The first-order valence-corrected chi connectivity index (χ1v) is 17.5. The van der Waals surface area contributed by atoms with Gasteiger partial charge < -0.3 is 15.0 Å². The van der Waals surface area contributed by atoms with Gasteiger partial charge in [-0.05, 0) is 63.4 Å². The van der Waals surface area contributed by atoms with Crippen molar-refractivity contribution in [3.8, 4) is 0 Å². The van der Waals surface area contributed by atoms with Crippen LogP contribution in [0.3, 0.4) is 0 Å². The summed E-state index contributed by atoms with van der Waals surface area (Å²) in [4.78, 5) is 43.5. The molecule has 37 heavy (non-hydrogen) atoms. The Morgan fingerprint density at radius 1 is 1.08 bits per heavy atom. The summed E-state index contributed by atoms with van der Waals surface area (Å²) in [5, 5.41) is 3.44. The van der Waals surface area contributed by atoms with Crippen LogP contribution in [-0.2, 0) is 27.3 Å². The van der Waals surface area contributed by atoms with Crippen LogP contribution < -0.4 is 15.9 Å². The highest BCUT2D eigenvalue weighted by Crippen LogP contribution is 2.36. The van der Waals surface area contributed by atoms with E-state index in [1.807, 2.05) is 10.6 Å². The monoisotopic (exact) mass is 527 g/mol. The number of rotatable bonds is 8. The molecule has 2 aromatic rings. The zero-order valence-corrected chi connectivity index (χ0v) is 23.7. The topological polar surface area (TPSA) is 88.8 Å². The predicted molar refractivity (Wildman–Crippen MR) is 148 cm³/mol. The Kier molecular flexibility index (Phi) is 7.35. The number of aromatic nitrogens is 2. The van der Waals surface area contributed by atoms with Crippen molar-refractivity contribution in [3.05, 3.63) is 28.2 Å². The fourth-order valence-corrected chi connectivity index (χ4v) is 6.82. The lowest BCUT2D eigenvalue weighted by atomic mass is 9.98. The molecule has 2 saturated heterocycles. The molecule has 2 amide bonds. The van der Waals surface area contributed by atoms with Gasteiger partial charge in [0.1, 0.15) is 12.8 Å². The fraction of sp³-hybridized carbons (Fsp3) is 0.667. The van der Waals surface area contributed by atoms with Gasteiger partial charge in [-0.3, -0.25) is 23.6 Å². The molecular formula is C27H41N5O4Si. The third kappa shape index (κ3) is 5.03. The molecule has 1 unspecified atom stereocenters. The van der Waals surface area contributed by atoms with E-state index in [-0.39, 0.29) is 30.7 Å². The number of likely N-dealkylation sites (tertiary alicyclic amines) is 1. The maximum absolute atomic E-state index is 13.7. The molecule has 1 aromatic carbocycles. The van der Waals surface area contributed by atoms with Gasteiger partial charge in [0.05, 0.1) is 11.0 Å². The number of carbonyl (C=O) groups excluding carboxylic acids is 2. The molecule has 0 bridgehead atoms. The second-order valence-corrected chi connectivity index (χ2v) is 17.6. The van der Waals surface area contributed by atoms with E-state index in [1.165, 1.54) is 16.2 Å². The number of amides is 2. The van der Waals surface area contributed by atoms with E-state index < -0.39 is 14.1 Å². The smallest absolute Gasteiger partial charge is 0.329 e. The summed E-state index contributed by atoms with van der Waals surface area (Å²) in [6.45, 7) is 9.99. The third-order valence-corrected chi connectivity index (χ3v) is 9.96. The van der Waals surface area contributed by atoms with E-state index in [0.717, 1.165) is 55.9 Å². The van der Waals surface area contributed by atoms with Crippen LogP contribution in [-0.4, -0.2) is 73.4 Å². The molecule has 3 aliphatic rings. The van der Waals surface area contributed by atoms with Crippen LogP contribution in [0.2, 0.25) is 25.7 Å². The largest absolute Gasteiger partial charge is 0.371 e. The summed E-state index contributed by atoms with van der Waals surface area (Å²) >= 11 is 0. The fourth-order valence-electron chi connectivity index (χ4n) is 6.06. The molecule has 202 valence electrons. The zero-order valence-electron chi connectivity index (χ0n) is 22.7. The van der Waals surface area contributed by atoms with Crippen molar-refractivity contribution in [2.75, 3.05) is 38.4 Å². The van der Waals surface area contributed by atoms with Crippen molar-refractivity contribution in [2.45, 2.75) is 82.8 Å². The number of ether oxygens (including phenoxy) is 1. The molecule has 5 rings (SSSR count). The Balaban J connectivity index is 1.45. The van der Waals surface area contributed by atoms with Crippen LogP contribution in [0.15, 0.2) is 16.9 Å². The quantitative estimate of drug-likeness (QED) is 0.323. The summed E-state index contributed by atoms with van der Waals surface area (Å²) in [6, 6.07) is 4.89. The van der Waals surface area contributed by atoms with Crippen LogP contribution >= 0.6 is 0 Å². The first-order valence-electron chi connectivity index (χ1n) is 13.8. The molecular weight excluding hydrogens is 486 g/mol. The number of aryl methyl sites for hydroxylation is 2. The van der Waals surface area contributed by atoms with Crippen LogP contribution in [0, 0.1) is 0 Å². The number of anilines is 1. The summed E-state index contributed by atoms with van der Waals surface area (Å²) in [7, 11) is 0.889. The van der Waals surface area contributed by atoms with Gasteiger partial charge in [0, 0.05) is 52.0 Å². The molecule has 9 nitrogen and oxygen atoms in total. The molecule has 1 N–H and O–H groups in total. The molecule has 1 aromatic heterocycles. The summed E-state index contributed by atoms with van der Waals surface area (Å²) < 4.78 is 9.27. The highest BCUT2D eigenvalue weighted by molar-refractivity contribution is 6.76. The van der Waals surface area contributed by atoms with Gasteiger partial charge in [0.2, 0.25) is 5.91 Å². The highest BCUT2D eigenvalue weighted by atomic mass is 28.3. The molecule has 10 heteroatoms. The van der Waals surface area contributed by atoms with Gasteiger partial charge in [-0.25, -0.2) is 4.79 Å². The molecule has 2 fully saturated rings. The highest BCUT2D eigenvalue weighted by Gasteiger charge is 2.38. The Labute approximate surface area is 219 Å². The molecule has 3 aliphatic heterocycles. The standard InChI is InChI=1S/C27H41N5O4Si/c1-29(19-11-13-28-14-12-19)21-7-8-22-25-20(21)6-5-15-30(25)27(35)32(22)23-9-10-24(33)31(26(23)34)18-36-16-17-37(2,3)4/h7-8,19,23,28H,5-6,9-18H2,1-4H3. The molecule has 1 atom stereocenters. The minimum absolute atomic E-state index is 0.0392. The van der Waals surface area contributed by atoms with E-state index in [1.54, 1.807) is 4.57 Å². The first kappa shape index (κ1) is 26.2. The number of hydrogen-bond donors (Lipinski definition) is 1. The normalized spacial score (nSPS) is 21.2. The zero-order chi connectivity index (χ0) is 26.3. The number of imidazole rings is 1. The van der Waals surface area contributed by atoms with E-state index in [9.17, 15) is 14.4 Å². The van der Waals surface area contributed by atoms with Gasteiger partial charge in [-0.2, -0.15) is 0 Å². The lowest BCUT2D eigenvalue weighted by Crippen LogP contribution is -2.48. The second kappa shape index (κ2) is 10.4. The number of hydrogen-bond acceptors (Lipinski definition) is 6. The Hall–Kier alpha value is -2.43. The van der Waals surface area contributed by atoms with Crippen LogP contribution in [0.5, 0.6) is 0 Å². The first-order chi connectivity index (χ1) is 17.7. The Morgan fingerprint density at radius 2 is 1.84 bits per heavy atom. The van der Waals surface area contributed by atoms with Crippen molar-refractivity contribution in [1.29, 1.82) is 0 Å². The molecule has 0 spiro atoms. The molecule has 4 heterocycles. The number of piperidine rings is 2. The summed E-state index contributed by atoms with van der Waals surface area (Å²) in [6.07, 6.45) is 4.59. The van der Waals surface area contributed by atoms with Gasteiger partial charge in [-0.1, -0.05) is 19.6 Å². The Morgan fingerprint density at radius 3 is 2.57 bits per heavy atom. The number of nitrogens with zero attached hydrogens (tertiary/aromatic N) is 4. The number of carbonyl (C=O) groups is 2. The summed E-state index contributed by atoms with van der Waals surface area (Å²) in [5.41, 5.74) is 4.00. The minimum Gasteiger partial charge on any atom is -0.371 e. The predicted octanol–water partition coefficient (Wildman–Crippen LogP) is 2.94. The Bertz CT molecular complexity index is 1240. The number of benzene rings is 1. The van der Waals surface area contributed by atoms with Crippen LogP contribution in [0.4, 0.5) is 5.69 Å². The van der Waals surface area contributed by atoms with Crippen LogP contribution in [0.1, 0.15) is 43.7 Å². The molecule has 0 aliphatic carbocycles. The van der Waals surface area contributed by atoms with Crippen molar-refractivity contribution < 1.29 is 14.3 Å². The van der Waals surface area contributed by atoms with Crippen molar-refractivity contribution >= 4 is 36.6 Å². The van der Waals surface area contributed by atoms with Gasteiger partial charge in [0.25, 0.3) is 5.91 Å². The lowest BCUT2D eigenvalue weighted by Gasteiger charge is -2.35. The number of nitrogens with one attached hydrogen (secondary N) is 1. The van der Waals surface area contributed by atoms with Gasteiger partial charge in [0.15, 0.2) is 0 Å². The van der Waals surface area contributed by atoms with E-state index in [2.05, 4.69) is 43.0 Å². The van der Waals surface area contributed by atoms with Crippen LogP contribution in [0.25, 0.3) is 11.0 Å². The van der Waals surface area contributed by atoms with Crippen molar-refractivity contribution in [2.24, 2.45) is 0 Å². The lowest BCUT2D eigenvalue weighted by molar-refractivity contribution is -0.157. The van der Waals surface area contributed by atoms with E-state index in [4.69, 9.17) is 4.74 Å². The van der Waals surface area contributed by atoms with Crippen molar-refractivity contribution in [3.63, 3.8) is 0 Å².